The third kappa shape index (κ3) is 3.18. The number of aromatic nitrogens is 2. The van der Waals surface area contributed by atoms with Crippen LogP contribution in [-0.4, -0.2) is 47.3 Å². The number of carbonyl (C=O) groups is 1. The fourth-order valence-electron chi connectivity index (χ4n) is 3.24. The van der Waals surface area contributed by atoms with E-state index in [-0.39, 0.29) is 12.0 Å². The monoisotopic (exact) mass is 349 g/mol. The largest absolute Gasteiger partial charge is 0.480 e. The van der Waals surface area contributed by atoms with Gasteiger partial charge in [0.05, 0.1) is 13.7 Å². The molecule has 1 aliphatic rings. The molecule has 0 N–H and O–H groups in total. The fraction of sp³-hybridized carbons (Fsp3) is 0.250. The first-order valence-electron chi connectivity index (χ1n) is 8.56. The zero-order valence-electron chi connectivity index (χ0n) is 14.5. The lowest BCUT2D eigenvalue weighted by molar-refractivity contribution is 0.0773. The molecule has 0 bridgehead atoms. The highest BCUT2D eigenvalue weighted by Crippen LogP contribution is 2.23. The first kappa shape index (κ1) is 16.3. The minimum atomic E-state index is -0.0865. The van der Waals surface area contributed by atoms with E-state index in [1.807, 2.05) is 47.4 Å². The van der Waals surface area contributed by atoms with Gasteiger partial charge in [0.15, 0.2) is 0 Å². The van der Waals surface area contributed by atoms with Crippen LogP contribution in [0.3, 0.4) is 0 Å². The van der Waals surface area contributed by atoms with Gasteiger partial charge >= 0.3 is 0 Å². The summed E-state index contributed by atoms with van der Waals surface area (Å²) in [6, 6.07) is 17.2. The first-order valence-corrected chi connectivity index (χ1v) is 8.56. The number of benzene rings is 2. The highest BCUT2D eigenvalue weighted by molar-refractivity contribution is 6.07. The number of rotatable bonds is 4. The summed E-state index contributed by atoms with van der Waals surface area (Å²) in [5.41, 5.74) is 0.730. The molecule has 26 heavy (non-hydrogen) atoms. The molecule has 132 valence electrons. The summed E-state index contributed by atoms with van der Waals surface area (Å²) in [4.78, 5) is 14.8. The lowest BCUT2D eigenvalue weighted by Gasteiger charge is -2.18. The van der Waals surface area contributed by atoms with Crippen LogP contribution in [0.2, 0.25) is 0 Å². The van der Waals surface area contributed by atoms with E-state index in [1.165, 1.54) is 7.11 Å². The summed E-state index contributed by atoms with van der Waals surface area (Å²) >= 11 is 0. The van der Waals surface area contributed by atoms with Gasteiger partial charge in [0.1, 0.15) is 6.10 Å². The maximum atomic E-state index is 13.0. The number of fused-ring (bicyclic) bond motifs is 1. The zero-order valence-corrected chi connectivity index (χ0v) is 14.5. The van der Waals surface area contributed by atoms with Gasteiger partial charge in [0.2, 0.25) is 11.8 Å². The molecule has 1 saturated heterocycles. The Morgan fingerprint density at radius 1 is 1.04 bits per heavy atom. The zero-order chi connectivity index (χ0) is 17.9. The fourth-order valence-corrected chi connectivity index (χ4v) is 3.24. The summed E-state index contributed by atoms with van der Waals surface area (Å²) in [6.07, 6.45) is 0.682. The van der Waals surface area contributed by atoms with Crippen molar-refractivity contribution in [1.29, 1.82) is 0 Å². The molecule has 1 atom stereocenters. The Labute approximate surface area is 151 Å². The van der Waals surface area contributed by atoms with Crippen LogP contribution in [0.5, 0.6) is 11.8 Å². The third-order valence-electron chi connectivity index (χ3n) is 4.56. The van der Waals surface area contributed by atoms with Crippen molar-refractivity contribution in [3.63, 3.8) is 0 Å². The van der Waals surface area contributed by atoms with Crippen LogP contribution in [0.4, 0.5) is 0 Å². The Morgan fingerprint density at radius 3 is 2.62 bits per heavy atom. The summed E-state index contributed by atoms with van der Waals surface area (Å²) in [5, 5.41) is 9.92. The molecule has 0 saturated carbocycles. The van der Waals surface area contributed by atoms with E-state index in [2.05, 4.69) is 10.2 Å². The Balaban J connectivity index is 1.46. The van der Waals surface area contributed by atoms with Gasteiger partial charge in [-0.15, -0.1) is 10.2 Å². The molecule has 4 rings (SSSR count). The van der Waals surface area contributed by atoms with Crippen molar-refractivity contribution in [2.75, 3.05) is 20.2 Å². The van der Waals surface area contributed by atoms with E-state index in [1.54, 1.807) is 12.1 Å². The Morgan fingerprint density at radius 2 is 1.81 bits per heavy atom. The summed E-state index contributed by atoms with van der Waals surface area (Å²) < 4.78 is 10.8. The smallest absolute Gasteiger partial charge is 0.254 e. The lowest BCUT2D eigenvalue weighted by atomic mass is 10.0. The van der Waals surface area contributed by atoms with E-state index in [9.17, 15) is 4.79 Å². The second-order valence-corrected chi connectivity index (χ2v) is 6.22. The minimum Gasteiger partial charge on any atom is -0.480 e. The molecule has 1 aliphatic heterocycles. The molecular formula is C20H19N3O3. The molecule has 1 aromatic heterocycles. The molecule has 3 aromatic rings. The van der Waals surface area contributed by atoms with Crippen molar-refractivity contribution in [2.45, 2.75) is 12.5 Å². The second kappa shape index (κ2) is 7.00. The van der Waals surface area contributed by atoms with Gasteiger partial charge in [-0.25, -0.2) is 0 Å². The van der Waals surface area contributed by atoms with Crippen LogP contribution in [0.15, 0.2) is 54.6 Å². The maximum absolute atomic E-state index is 13.0. The normalized spacial score (nSPS) is 16.7. The number of methoxy groups -OCH3 is 1. The molecule has 0 spiro atoms. The number of likely N-dealkylation sites (tertiary alicyclic amines) is 1. The van der Waals surface area contributed by atoms with E-state index in [0.29, 0.717) is 24.8 Å². The Hall–Kier alpha value is -3.15. The molecule has 0 aliphatic carbocycles. The number of hydrogen-bond donors (Lipinski definition) is 0. The average molecular weight is 349 g/mol. The molecule has 6 nitrogen and oxygen atoms in total. The molecular weight excluding hydrogens is 330 g/mol. The first-order chi connectivity index (χ1) is 12.7. The molecule has 1 amide bonds. The molecule has 6 heteroatoms. The van der Waals surface area contributed by atoms with Crippen molar-refractivity contribution in [3.8, 4) is 11.8 Å². The van der Waals surface area contributed by atoms with Gasteiger partial charge in [0, 0.05) is 30.7 Å². The van der Waals surface area contributed by atoms with Crippen LogP contribution in [0.1, 0.15) is 16.8 Å². The molecule has 1 fully saturated rings. The van der Waals surface area contributed by atoms with E-state index in [4.69, 9.17) is 9.47 Å². The predicted octanol–water partition coefficient (Wildman–Crippen LogP) is 2.93. The van der Waals surface area contributed by atoms with Gasteiger partial charge in [0.25, 0.3) is 5.91 Å². The Bertz CT molecular complexity index is 922. The maximum Gasteiger partial charge on any atom is 0.254 e. The van der Waals surface area contributed by atoms with Crippen LogP contribution in [0, 0.1) is 0 Å². The summed E-state index contributed by atoms with van der Waals surface area (Å²) in [6.45, 7) is 1.20. The van der Waals surface area contributed by atoms with Gasteiger partial charge in [-0.1, -0.05) is 36.4 Å². The highest BCUT2D eigenvalue weighted by atomic mass is 16.5. The van der Waals surface area contributed by atoms with Crippen molar-refractivity contribution >= 4 is 16.7 Å². The van der Waals surface area contributed by atoms with Crippen LogP contribution < -0.4 is 9.47 Å². The molecule has 1 unspecified atom stereocenters. The van der Waals surface area contributed by atoms with Crippen molar-refractivity contribution in [3.05, 3.63) is 60.2 Å². The topological polar surface area (TPSA) is 64.6 Å². The SMILES string of the molecule is COc1ccc(OC2CCN(C(=O)c3cccc4ccccc34)C2)nn1. The molecule has 0 radical (unpaired) electrons. The Kier molecular flexibility index (Phi) is 4.39. The van der Waals surface area contributed by atoms with Crippen molar-refractivity contribution < 1.29 is 14.3 Å². The van der Waals surface area contributed by atoms with Crippen molar-refractivity contribution in [2.24, 2.45) is 0 Å². The quantitative estimate of drug-likeness (QED) is 0.725. The minimum absolute atomic E-state index is 0.0358. The number of carbonyl (C=O) groups excluding carboxylic acids is 1. The number of amides is 1. The van der Waals surface area contributed by atoms with Crippen molar-refractivity contribution in [1.82, 2.24) is 15.1 Å². The summed E-state index contributed by atoms with van der Waals surface area (Å²) in [5.74, 6) is 0.917. The van der Waals surface area contributed by atoms with E-state index < -0.39 is 0 Å². The van der Waals surface area contributed by atoms with Gasteiger partial charge in [-0.3, -0.25) is 4.79 Å². The van der Waals surface area contributed by atoms with E-state index >= 15 is 0 Å². The molecule has 2 heterocycles. The van der Waals surface area contributed by atoms with Gasteiger partial charge < -0.3 is 14.4 Å². The van der Waals surface area contributed by atoms with Gasteiger partial charge in [-0.05, 0) is 16.8 Å². The van der Waals surface area contributed by atoms with Crippen LogP contribution in [-0.2, 0) is 0 Å². The van der Waals surface area contributed by atoms with E-state index in [0.717, 1.165) is 22.8 Å². The summed E-state index contributed by atoms with van der Waals surface area (Å²) in [7, 11) is 1.54. The lowest BCUT2D eigenvalue weighted by Crippen LogP contribution is -2.31. The molecule has 2 aromatic carbocycles. The number of hydrogen-bond acceptors (Lipinski definition) is 5. The predicted molar refractivity (Wildman–Crippen MR) is 97.5 cm³/mol. The second-order valence-electron chi connectivity index (χ2n) is 6.22. The standard InChI is InChI=1S/C20H19N3O3/c1-25-18-9-10-19(22-21-18)26-15-11-12-23(13-15)20(24)17-8-4-6-14-5-2-3-7-16(14)17/h2-10,15H,11-13H2,1H3. The highest BCUT2D eigenvalue weighted by Gasteiger charge is 2.29. The average Bonchev–Trinajstić information content (AvgIpc) is 3.16. The number of nitrogens with zero attached hydrogens (tertiary/aromatic N) is 3. The van der Waals surface area contributed by atoms with Crippen LogP contribution >= 0.6 is 0 Å². The van der Waals surface area contributed by atoms with Crippen LogP contribution in [0.25, 0.3) is 10.8 Å². The van der Waals surface area contributed by atoms with Gasteiger partial charge in [-0.2, -0.15) is 0 Å². The third-order valence-corrected chi connectivity index (χ3v) is 4.56. The number of ether oxygens (including phenoxy) is 2.